The van der Waals surface area contributed by atoms with E-state index in [4.69, 9.17) is 0 Å². The van der Waals surface area contributed by atoms with Crippen LogP contribution in [0.5, 0.6) is 0 Å². The average molecular weight is 296 g/mol. The molecule has 3 rings (SSSR count). The van der Waals surface area contributed by atoms with Gasteiger partial charge in [0.2, 0.25) is 0 Å². The minimum absolute atomic E-state index is 0.530. The molecule has 0 bridgehead atoms. The zero-order chi connectivity index (χ0) is 13.5. The molecule has 1 saturated carbocycles. The molecule has 106 valence electrons. The monoisotopic (exact) mass is 295 g/mol. The first-order chi connectivity index (χ1) is 9.03. The van der Waals surface area contributed by atoms with Gasteiger partial charge in [0.05, 0.1) is 4.21 Å². The van der Waals surface area contributed by atoms with E-state index in [2.05, 4.69) is 49.3 Å². The van der Waals surface area contributed by atoms with Gasteiger partial charge in [0.15, 0.2) is 0 Å². The molecule has 0 spiro atoms. The van der Waals surface area contributed by atoms with Crippen molar-refractivity contribution < 1.29 is 0 Å². The van der Waals surface area contributed by atoms with Gasteiger partial charge in [-0.1, -0.05) is 27.2 Å². The van der Waals surface area contributed by atoms with E-state index in [-0.39, 0.29) is 0 Å². The fraction of sp³-hybridized carbons (Fsp3) is 0.750. The molecule has 0 aromatic carbocycles. The zero-order valence-electron chi connectivity index (χ0n) is 12.2. The van der Waals surface area contributed by atoms with Crippen molar-refractivity contribution in [2.45, 2.75) is 74.4 Å². The summed E-state index contributed by atoms with van der Waals surface area (Å²) in [6.45, 7) is 7.22. The molecule has 2 unspecified atom stereocenters. The third-order valence-electron chi connectivity index (χ3n) is 4.55. The predicted molar refractivity (Wildman–Crippen MR) is 86.2 cm³/mol. The fourth-order valence-corrected chi connectivity index (χ4v) is 6.20. The topological polar surface area (TPSA) is 12.0 Å². The van der Waals surface area contributed by atoms with Gasteiger partial charge in [-0.15, -0.1) is 23.1 Å². The van der Waals surface area contributed by atoms with Crippen LogP contribution < -0.4 is 5.32 Å². The average Bonchev–Trinajstić information content (AvgIpc) is 2.75. The summed E-state index contributed by atoms with van der Waals surface area (Å²) in [5.41, 5.74) is 2.10. The quantitative estimate of drug-likeness (QED) is 0.801. The van der Waals surface area contributed by atoms with E-state index in [1.54, 1.807) is 9.77 Å². The first kappa shape index (κ1) is 14.0. The van der Waals surface area contributed by atoms with Crippen molar-refractivity contribution >= 4 is 23.1 Å². The molecule has 1 nitrogen and oxygen atoms in total. The molecule has 0 saturated heterocycles. The van der Waals surface area contributed by atoms with E-state index >= 15 is 0 Å². The zero-order valence-corrected chi connectivity index (χ0v) is 13.9. The van der Waals surface area contributed by atoms with Crippen molar-refractivity contribution in [2.75, 3.05) is 0 Å². The summed E-state index contributed by atoms with van der Waals surface area (Å²) in [6, 6.07) is 3.65. The summed E-state index contributed by atoms with van der Waals surface area (Å²) < 4.78 is 1.55. The molecule has 1 aliphatic heterocycles. The lowest BCUT2D eigenvalue weighted by molar-refractivity contribution is 0.187. The Labute approximate surface area is 125 Å². The number of hydrogen-bond acceptors (Lipinski definition) is 3. The maximum atomic E-state index is 3.98. The van der Waals surface area contributed by atoms with E-state index < -0.39 is 0 Å². The van der Waals surface area contributed by atoms with Crippen LogP contribution in [0, 0.1) is 5.41 Å². The van der Waals surface area contributed by atoms with Crippen LogP contribution in [0.15, 0.2) is 15.7 Å². The lowest BCUT2D eigenvalue weighted by atomic mass is 9.75. The highest BCUT2D eigenvalue weighted by atomic mass is 32.2. The van der Waals surface area contributed by atoms with Gasteiger partial charge in [0, 0.05) is 17.3 Å². The molecule has 2 heterocycles. The molecule has 1 aromatic heterocycles. The Kier molecular flexibility index (Phi) is 3.98. The van der Waals surface area contributed by atoms with E-state index in [1.165, 1.54) is 32.1 Å². The molecule has 1 fully saturated rings. The Bertz CT molecular complexity index is 438. The smallest absolute Gasteiger partial charge is 0.0649 e. The van der Waals surface area contributed by atoms with Crippen LogP contribution in [0.4, 0.5) is 0 Å². The molecule has 0 amide bonds. The molecule has 3 atom stereocenters. The molecule has 3 heteroatoms. The van der Waals surface area contributed by atoms with Crippen molar-refractivity contribution in [3.05, 3.63) is 17.0 Å². The maximum Gasteiger partial charge on any atom is 0.0649 e. The highest BCUT2D eigenvalue weighted by molar-refractivity contribution is 8.01. The molecular formula is C16H25NS2. The molecule has 0 radical (unpaired) electrons. The lowest BCUT2D eigenvalue weighted by Crippen LogP contribution is -2.40. The van der Waals surface area contributed by atoms with E-state index in [9.17, 15) is 0 Å². The number of rotatable bonds is 2. The molecule has 2 aliphatic rings. The number of thiophene rings is 1. The van der Waals surface area contributed by atoms with Gasteiger partial charge in [0.1, 0.15) is 0 Å². The van der Waals surface area contributed by atoms with Gasteiger partial charge in [-0.25, -0.2) is 0 Å². The van der Waals surface area contributed by atoms with Crippen LogP contribution in [0.1, 0.15) is 64.5 Å². The van der Waals surface area contributed by atoms with Gasteiger partial charge in [-0.05, 0) is 48.1 Å². The second kappa shape index (κ2) is 5.42. The summed E-state index contributed by atoms with van der Waals surface area (Å²) in [4.78, 5) is 0. The van der Waals surface area contributed by atoms with Crippen LogP contribution in [0.25, 0.3) is 0 Å². The largest absolute Gasteiger partial charge is 0.307 e. The molecule has 1 aromatic rings. The third-order valence-corrected chi connectivity index (χ3v) is 6.90. The Morgan fingerprint density at radius 2 is 2.21 bits per heavy atom. The van der Waals surface area contributed by atoms with Gasteiger partial charge in [0.25, 0.3) is 0 Å². The summed E-state index contributed by atoms with van der Waals surface area (Å²) in [7, 11) is 0. The Morgan fingerprint density at radius 3 is 3.00 bits per heavy atom. The maximum absolute atomic E-state index is 3.98. The van der Waals surface area contributed by atoms with Gasteiger partial charge < -0.3 is 5.32 Å². The summed E-state index contributed by atoms with van der Waals surface area (Å²) in [6.07, 6.45) is 6.76. The van der Waals surface area contributed by atoms with E-state index in [0.717, 1.165) is 11.3 Å². The SMILES string of the molecule is C[C@H]1CC(NC2CCCC(C)(C)C2)c2ccsc2S1. The second-order valence-corrected chi connectivity index (χ2v) is 9.63. The van der Waals surface area contributed by atoms with Crippen molar-refractivity contribution in [3.8, 4) is 0 Å². The van der Waals surface area contributed by atoms with Gasteiger partial charge >= 0.3 is 0 Å². The van der Waals surface area contributed by atoms with Crippen molar-refractivity contribution in [1.29, 1.82) is 0 Å². The normalized spacial score (nSPS) is 33.9. The predicted octanol–water partition coefficient (Wildman–Crippen LogP) is 5.23. The highest BCUT2D eigenvalue weighted by Gasteiger charge is 2.32. The Balaban J connectivity index is 1.70. The molecular weight excluding hydrogens is 270 g/mol. The first-order valence-corrected chi connectivity index (χ1v) is 9.29. The molecule has 1 aliphatic carbocycles. The van der Waals surface area contributed by atoms with E-state index in [0.29, 0.717) is 11.5 Å². The molecule has 19 heavy (non-hydrogen) atoms. The van der Waals surface area contributed by atoms with Crippen molar-refractivity contribution in [2.24, 2.45) is 5.41 Å². The number of fused-ring (bicyclic) bond motifs is 1. The van der Waals surface area contributed by atoms with Crippen LogP contribution in [0.3, 0.4) is 0 Å². The van der Waals surface area contributed by atoms with E-state index in [1.807, 2.05) is 11.3 Å². The minimum atomic E-state index is 0.530. The fourth-order valence-electron chi connectivity index (χ4n) is 3.63. The van der Waals surface area contributed by atoms with Crippen LogP contribution in [0.2, 0.25) is 0 Å². The minimum Gasteiger partial charge on any atom is -0.307 e. The highest BCUT2D eigenvalue weighted by Crippen LogP contribution is 2.45. The number of thioether (sulfide) groups is 1. The number of hydrogen-bond donors (Lipinski definition) is 1. The summed E-state index contributed by atoms with van der Waals surface area (Å²) in [5, 5.41) is 6.99. The van der Waals surface area contributed by atoms with Crippen molar-refractivity contribution in [3.63, 3.8) is 0 Å². The van der Waals surface area contributed by atoms with Crippen LogP contribution in [-0.2, 0) is 0 Å². The third kappa shape index (κ3) is 3.20. The Morgan fingerprint density at radius 1 is 1.37 bits per heavy atom. The van der Waals surface area contributed by atoms with Crippen molar-refractivity contribution in [1.82, 2.24) is 5.32 Å². The standard InChI is InChI=1S/C16H25NS2/c1-11-9-14(13-6-8-18-15(13)19-11)17-12-5-4-7-16(2,3)10-12/h6,8,11-12,14,17H,4-5,7,9-10H2,1-3H3/t11-,12?,14?/m0/s1. The summed E-state index contributed by atoms with van der Waals surface area (Å²) in [5.74, 6) is 0. The lowest BCUT2D eigenvalue weighted by Gasteiger charge is -2.39. The van der Waals surface area contributed by atoms with Gasteiger partial charge in [-0.2, -0.15) is 0 Å². The van der Waals surface area contributed by atoms with Gasteiger partial charge in [-0.3, -0.25) is 0 Å². The first-order valence-electron chi connectivity index (χ1n) is 7.54. The Hall–Kier alpha value is 0.01000. The second-order valence-electron chi connectivity index (χ2n) is 7.00. The molecule has 1 N–H and O–H groups in total. The van der Waals surface area contributed by atoms with Crippen LogP contribution >= 0.6 is 23.1 Å². The number of nitrogens with one attached hydrogen (secondary N) is 1. The van der Waals surface area contributed by atoms with Crippen LogP contribution in [-0.4, -0.2) is 11.3 Å². The summed E-state index contributed by atoms with van der Waals surface area (Å²) >= 11 is 3.98.